The Balaban J connectivity index is 0.000000980. The molecule has 0 aromatic carbocycles. The Bertz CT molecular complexity index is 994. The van der Waals surface area contributed by atoms with Gasteiger partial charge in [0.1, 0.15) is 0 Å². The molecule has 0 saturated heterocycles. The number of fused-ring (bicyclic) bond motifs is 8. The van der Waals surface area contributed by atoms with Crippen LogP contribution in [0.15, 0.2) is 48.5 Å². The summed E-state index contributed by atoms with van der Waals surface area (Å²) in [5.41, 5.74) is 7.86. The van der Waals surface area contributed by atoms with Crippen molar-refractivity contribution in [1.82, 2.24) is 19.9 Å². The Morgan fingerprint density at radius 2 is 0.731 bits per heavy atom. The predicted molar refractivity (Wildman–Crippen MR) is 120 cm³/mol. The van der Waals surface area contributed by atoms with Crippen molar-refractivity contribution in [3.05, 3.63) is 71.3 Å². The highest BCUT2D eigenvalue weighted by molar-refractivity contribution is 8.93. The van der Waals surface area contributed by atoms with Gasteiger partial charge in [0.25, 0.3) is 0 Å². The highest BCUT2D eigenvalue weighted by atomic mass is 79.9. The minimum absolute atomic E-state index is 0. The molecule has 26 heavy (non-hydrogen) atoms. The second-order valence-electron chi connectivity index (χ2n) is 5.91. The largest absolute Gasteiger partial charge is 0.355 e. The molecule has 130 valence electrons. The maximum absolute atomic E-state index is 4.63. The first-order chi connectivity index (χ1) is 11.8. The summed E-state index contributed by atoms with van der Waals surface area (Å²) in [6, 6.07) is 16.4. The number of rotatable bonds is 0. The number of aromatic nitrogens is 4. The van der Waals surface area contributed by atoms with Gasteiger partial charge in [-0.3, -0.25) is 0 Å². The van der Waals surface area contributed by atoms with Crippen LogP contribution in [0.25, 0.3) is 46.4 Å². The summed E-state index contributed by atoms with van der Waals surface area (Å²) < 4.78 is 0. The van der Waals surface area contributed by atoms with Crippen molar-refractivity contribution < 1.29 is 0 Å². The zero-order valence-electron chi connectivity index (χ0n) is 13.6. The van der Waals surface area contributed by atoms with E-state index in [0.29, 0.717) is 0 Å². The standard InChI is InChI=1S/C20H14N4.2BrH/c1-2-14-10-16-5-6-18(23-16)12-20-8-7-19(24-20)11-17-4-3-15(22-17)9-13(1)21-14;;/h1-12,21,24H;2*1H. The van der Waals surface area contributed by atoms with Crippen LogP contribution in [0.4, 0.5) is 0 Å². The summed E-state index contributed by atoms with van der Waals surface area (Å²) in [5, 5.41) is 0. The monoisotopic (exact) mass is 470 g/mol. The third-order valence-corrected chi connectivity index (χ3v) is 4.04. The summed E-state index contributed by atoms with van der Waals surface area (Å²) >= 11 is 0. The molecule has 2 aliphatic rings. The lowest BCUT2D eigenvalue weighted by molar-refractivity contribution is 1.31. The molecule has 2 aliphatic heterocycles. The van der Waals surface area contributed by atoms with E-state index in [9.17, 15) is 0 Å². The molecule has 3 aromatic rings. The van der Waals surface area contributed by atoms with E-state index in [1.807, 2.05) is 48.6 Å². The summed E-state index contributed by atoms with van der Waals surface area (Å²) in [6.45, 7) is 0. The van der Waals surface area contributed by atoms with E-state index in [2.05, 4.69) is 44.2 Å². The molecule has 0 radical (unpaired) electrons. The lowest BCUT2D eigenvalue weighted by Crippen LogP contribution is -1.75. The first-order valence-electron chi connectivity index (χ1n) is 7.85. The highest BCUT2D eigenvalue weighted by Crippen LogP contribution is 2.16. The lowest BCUT2D eigenvalue weighted by Gasteiger charge is -1.85. The van der Waals surface area contributed by atoms with E-state index in [-0.39, 0.29) is 34.0 Å². The van der Waals surface area contributed by atoms with Crippen molar-refractivity contribution in [2.75, 3.05) is 0 Å². The fourth-order valence-electron chi connectivity index (χ4n) is 2.94. The SMILES string of the molecule is Br.Br.C1=Cc2cc3ccc(cc4nc(cc5ccc(cc1n2)[nH]5)C=C4)[nH]3. The van der Waals surface area contributed by atoms with Crippen molar-refractivity contribution in [2.45, 2.75) is 0 Å². The minimum atomic E-state index is 0. The number of aromatic amines is 2. The maximum Gasteiger partial charge on any atom is 0.0658 e. The number of hydrogen-bond acceptors (Lipinski definition) is 2. The highest BCUT2D eigenvalue weighted by Gasteiger charge is 2.00. The Labute approximate surface area is 171 Å². The Hall–Kier alpha value is -2.44. The second-order valence-corrected chi connectivity index (χ2v) is 5.91. The van der Waals surface area contributed by atoms with Gasteiger partial charge in [0, 0.05) is 22.1 Å². The van der Waals surface area contributed by atoms with Gasteiger partial charge in [-0.15, -0.1) is 34.0 Å². The third-order valence-electron chi connectivity index (χ3n) is 4.04. The van der Waals surface area contributed by atoms with Crippen LogP contribution in [0.3, 0.4) is 0 Å². The Morgan fingerprint density at radius 1 is 0.462 bits per heavy atom. The van der Waals surface area contributed by atoms with Crippen molar-refractivity contribution in [3.63, 3.8) is 0 Å². The molecule has 4 nitrogen and oxygen atoms in total. The van der Waals surface area contributed by atoms with Gasteiger partial charge in [-0.2, -0.15) is 0 Å². The molecular weight excluding hydrogens is 456 g/mol. The lowest BCUT2D eigenvalue weighted by atomic mass is 10.3. The molecule has 0 fully saturated rings. The van der Waals surface area contributed by atoms with E-state index >= 15 is 0 Å². The van der Waals surface area contributed by atoms with E-state index < -0.39 is 0 Å². The van der Waals surface area contributed by atoms with Crippen molar-refractivity contribution in [2.24, 2.45) is 0 Å². The van der Waals surface area contributed by atoms with Gasteiger partial charge in [0.2, 0.25) is 0 Å². The quantitative estimate of drug-likeness (QED) is 0.299. The maximum atomic E-state index is 4.63. The Morgan fingerprint density at radius 3 is 1.00 bits per heavy atom. The number of H-pyrrole nitrogens is 2. The number of halogens is 2. The first kappa shape index (κ1) is 18.4. The van der Waals surface area contributed by atoms with Gasteiger partial charge >= 0.3 is 0 Å². The third kappa shape index (κ3) is 3.71. The number of hydrogen-bond donors (Lipinski definition) is 2. The van der Waals surface area contributed by atoms with Crippen LogP contribution < -0.4 is 0 Å². The van der Waals surface area contributed by atoms with E-state index in [1.165, 1.54) is 0 Å². The fraction of sp³-hybridized carbons (Fsp3) is 0. The molecule has 0 unspecified atom stereocenters. The van der Waals surface area contributed by atoms with Crippen LogP contribution in [0, 0.1) is 0 Å². The average molecular weight is 472 g/mol. The number of nitrogens with one attached hydrogen (secondary N) is 2. The summed E-state index contributed by atoms with van der Waals surface area (Å²) in [4.78, 5) is 16.0. The zero-order valence-corrected chi connectivity index (χ0v) is 17.1. The molecule has 5 rings (SSSR count). The molecule has 0 spiro atoms. The first-order valence-corrected chi connectivity index (χ1v) is 7.85. The van der Waals surface area contributed by atoms with Crippen LogP contribution in [0.5, 0.6) is 0 Å². The molecule has 5 heterocycles. The molecule has 0 aliphatic carbocycles. The van der Waals surface area contributed by atoms with Gasteiger partial charge in [0.05, 0.1) is 22.8 Å². The molecule has 8 bridgehead atoms. The molecule has 2 N–H and O–H groups in total. The molecule has 0 atom stereocenters. The second kappa shape index (κ2) is 7.43. The smallest absolute Gasteiger partial charge is 0.0658 e. The van der Waals surface area contributed by atoms with Crippen molar-refractivity contribution in [3.8, 4) is 0 Å². The van der Waals surface area contributed by atoms with Gasteiger partial charge in [0.15, 0.2) is 0 Å². The van der Waals surface area contributed by atoms with Crippen LogP contribution >= 0.6 is 34.0 Å². The topological polar surface area (TPSA) is 57.4 Å². The van der Waals surface area contributed by atoms with Crippen molar-refractivity contribution in [1.29, 1.82) is 0 Å². The van der Waals surface area contributed by atoms with E-state index in [0.717, 1.165) is 44.8 Å². The van der Waals surface area contributed by atoms with Gasteiger partial charge in [-0.1, -0.05) is 0 Å². The molecule has 0 amide bonds. The van der Waals surface area contributed by atoms with E-state index in [4.69, 9.17) is 0 Å². The molecule has 0 saturated carbocycles. The van der Waals surface area contributed by atoms with Gasteiger partial charge in [-0.05, 0) is 72.8 Å². The fourth-order valence-corrected chi connectivity index (χ4v) is 2.94. The zero-order chi connectivity index (χ0) is 15.9. The van der Waals surface area contributed by atoms with Crippen LogP contribution in [0.1, 0.15) is 22.8 Å². The number of nitrogens with zero attached hydrogens (tertiary/aromatic N) is 2. The molecule has 6 heteroatoms. The van der Waals surface area contributed by atoms with Crippen LogP contribution in [0.2, 0.25) is 0 Å². The Kier molecular flexibility index (Phi) is 5.25. The summed E-state index contributed by atoms with van der Waals surface area (Å²) in [6.07, 6.45) is 8.09. The average Bonchev–Trinajstić information content (AvgIpc) is 3.32. The van der Waals surface area contributed by atoms with Crippen molar-refractivity contribution >= 4 is 80.3 Å². The summed E-state index contributed by atoms with van der Waals surface area (Å²) in [5.74, 6) is 0. The predicted octanol–water partition coefficient (Wildman–Crippen LogP) is 5.81. The van der Waals surface area contributed by atoms with E-state index in [1.54, 1.807) is 0 Å². The molecular formula is C20H16Br2N4. The van der Waals surface area contributed by atoms with Gasteiger partial charge in [-0.25, -0.2) is 9.97 Å². The summed E-state index contributed by atoms with van der Waals surface area (Å²) in [7, 11) is 0. The van der Waals surface area contributed by atoms with Crippen LogP contribution in [-0.2, 0) is 0 Å². The molecule has 3 aromatic heterocycles. The van der Waals surface area contributed by atoms with Gasteiger partial charge < -0.3 is 9.97 Å². The minimum Gasteiger partial charge on any atom is -0.355 e. The van der Waals surface area contributed by atoms with Crippen LogP contribution in [-0.4, -0.2) is 19.9 Å². The normalized spacial score (nSPS) is 11.7.